The standard InChI is InChI=1S/C20H23NO4/c1-14-7-6-10-17(15(14)2)19(20(23)24)21-18(22)11-12-25-13-16-8-4-3-5-9-16/h3-10,19H,11-13H2,1-2H3,(H,21,22)(H,23,24). The summed E-state index contributed by atoms with van der Waals surface area (Å²) in [6.45, 7) is 4.43. The van der Waals surface area contributed by atoms with E-state index in [1.54, 1.807) is 12.1 Å². The zero-order chi connectivity index (χ0) is 18.2. The van der Waals surface area contributed by atoms with E-state index < -0.39 is 12.0 Å². The summed E-state index contributed by atoms with van der Waals surface area (Å²) in [5.41, 5.74) is 3.49. The molecule has 5 nitrogen and oxygen atoms in total. The molecule has 1 atom stereocenters. The van der Waals surface area contributed by atoms with Crippen LogP contribution in [0.5, 0.6) is 0 Å². The third kappa shape index (κ3) is 5.43. The van der Waals surface area contributed by atoms with E-state index in [0.717, 1.165) is 16.7 Å². The van der Waals surface area contributed by atoms with Crippen LogP contribution in [-0.2, 0) is 20.9 Å². The van der Waals surface area contributed by atoms with E-state index >= 15 is 0 Å². The van der Waals surface area contributed by atoms with Crippen LogP contribution < -0.4 is 5.32 Å². The molecule has 0 saturated carbocycles. The predicted octanol–water partition coefficient (Wildman–Crippen LogP) is 3.15. The average Bonchev–Trinajstić information content (AvgIpc) is 2.60. The van der Waals surface area contributed by atoms with Gasteiger partial charge in [-0.3, -0.25) is 4.79 Å². The van der Waals surface area contributed by atoms with E-state index in [0.29, 0.717) is 12.2 Å². The maximum Gasteiger partial charge on any atom is 0.330 e. The number of carbonyl (C=O) groups is 2. The first-order valence-electron chi connectivity index (χ1n) is 8.19. The van der Waals surface area contributed by atoms with Crippen LogP contribution >= 0.6 is 0 Å². The number of hydrogen-bond acceptors (Lipinski definition) is 3. The fourth-order valence-electron chi connectivity index (χ4n) is 2.52. The summed E-state index contributed by atoms with van der Waals surface area (Å²) in [6.07, 6.45) is 0.113. The number of ether oxygens (including phenoxy) is 1. The number of aryl methyl sites for hydroxylation is 1. The number of hydrogen-bond donors (Lipinski definition) is 2. The van der Waals surface area contributed by atoms with Gasteiger partial charge in [-0.05, 0) is 36.1 Å². The van der Waals surface area contributed by atoms with Crippen molar-refractivity contribution in [3.8, 4) is 0 Å². The van der Waals surface area contributed by atoms with Gasteiger partial charge in [0.15, 0.2) is 6.04 Å². The summed E-state index contributed by atoms with van der Waals surface area (Å²) < 4.78 is 5.47. The van der Waals surface area contributed by atoms with Crippen molar-refractivity contribution >= 4 is 11.9 Å². The van der Waals surface area contributed by atoms with Crippen molar-refractivity contribution in [2.75, 3.05) is 6.61 Å². The molecule has 2 aromatic carbocycles. The Morgan fingerprint density at radius 3 is 2.48 bits per heavy atom. The highest BCUT2D eigenvalue weighted by molar-refractivity contribution is 5.85. The normalized spacial score (nSPS) is 11.8. The SMILES string of the molecule is Cc1cccc(C(NC(=O)CCOCc2ccccc2)C(=O)O)c1C. The Balaban J connectivity index is 1.88. The maximum atomic E-state index is 12.1. The number of amides is 1. The van der Waals surface area contributed by atoms with Gasteiger partial charge in [-0.1, -0.05) is 48.5 Å². The van der Waals surface area contributed by atoms with Gasteiger partial charge in [-0.15, -0.1) is 0 Å². The second-order valence-corrected chi connectivity index (χ2v) is 5.92. The van der Waals surface area contributed by atoms with Gasteiger partial charge in [0.2, 0.25) is 5.91 Å². The molecule has 0 spiro atoms. The molecule has 0 bridgehead atoms. The van der Waals surface area contributed by atoms with E-state index in [1.807, 2.05) is 50.2 Å². The molecule has 0 aliphatic carbocycles. The van der Waals surface area contributed by atoms with Gasteiger partial charge in [0, 0.05) is 0 Å². The molecule has 2 rings (SSSR count). The van der Waals surface area contributed by atoms with Gasteiger partial charge in [-0.2, -0.15) is 0 Å². The Morgan fingerprint density at radius 1 is 1.08 bits per heavy atom. The molecule has 25 heavy (non-hydrogen) atoms. The Kier molecular flexibility index (Phi) is 6.71. The van der Waals surface area contributed by atoms with Crippen molar-refractivity contribution in [2.24, 2.45) is 0 Å². The third-order valence-corrected chi connectivity index (χ3v) is 4.09. The highest BCUT2D eigenvalue weighted by Crippen LogP contribution is 2.21. The van der Waals surface area contributed by atoms with Gasteiger partial charge in [0.05, 0.1) is 19.6 Å². The lowest BCUT2D eigenvalue weighted by Crippen LogP contribution is -2.34. The van der Waals surface area contributed by atoms with Crippen molar-refractivity contribution in [1.82, 2.24) is 5.32 Å². The van der Waals surface area contributed by atoms with Crippen LogP contribution in [0.3, 0.4) is 0 Å². The largest absolute Gasteiger partial charge is 0.479 e. The minimum absolute atomic E-state index is 0.113. The number of rotatable bonds is 8. The summed E-state index contributed by atoms with van der Waals surface area (Å²) in [4.78, 5) is 23.7. The molecule has 132 valence electrons. The first-order chi connectivity index (χ1) is 12.0. The number of carboxylic acids is 1. The molecule has 5 heteroatoms. The zero-order valence-corrected chi connectivity index (χ0v) is 14.5. The van der Waals surface area contributed by atoms with Crippen LogP contribution in [0, 0.1) is 13.8 Å². The Labute approximate surface area is 147 Å². The molecular weight excluding hydrogens is 318 g/mol. The number of aliphatic carboxylic acids is 1. The highest BCUT2D eigenvalue weighted by Gasteiger charge is 2.23. The molecular formula is C20H23NO4. The first kappa shape index (κ1) is 18.7. The molecule has 0 radical (unpaired) electrons. The molecule has 0 aliphatic rings. The molecule has 0 heterocycles. The summed E-state index contributed by atoms with van der Waals surface area (Å²) >= 11 is 0. The van der Waals surface area contributed by atoms with Gasteiger partial charge in [0.1, 0.15) is 0 Å². The van der Waals surface area contributed by atoms with E-state index in [2.05, 4.69) is 5.32 Å². The molecule has 0 aromatic heterocycles. The topological polar surface area (TPSA) is 75.6 Å². The lowest BCUT2D eigenvalue weighted by molar-refractivity contribution is -0.142. The Hall–Kier alpha value is -2.66. The Bertz CT molecular complexity index is 728. The maximum absolute atomic E-state index is 12.1. The first-order valence-corrected chi connectivity index (χ1v) is 8.19. The van der Waals surface area contributed by atoms with E-state index in [9.17, 15) is 14.7 Å². The number of carboxylic acid groups (broad SMARTS) is 1. The summed E-state index contributed by atoms with van der Waals surface area (Å²) in [6, 6.07) is 14.0. The second-order valence-electron chi connectivity index (χ2n) is 5.92. The molecule has 0 saturated heterocycles. The zero-order valence-electron chi connectivity index (χ0n) is 14.5. The minimum atomic E-state index is -1.08. The fraction of sp³-hybridized carbons (Fsp3) is 0.300. The molecule has 1 unspecified atom stereocenters. The molecule has 0 fully saturated rings. The lowest BCUT2D eigenvalue weighted by Gasteiger charge is -2.18. The van der Waals surface area contributed by atoms with Crippen LogP contribution in [-0.4, -0.2) is 23.6 Å². The van der Waals surface area contributed by atoms with Crippen LogP contribution in [0.4, 0.5) is 0 Å². The van der Waals surface area contributed by atoms with Crippen LogP contribution in [0.15, 0.2) is 48.5 Å². The smallest absolute Gasteiger partial charge is 0.330 e. The minimum Gasteiger partial charge on any atom is -0.479 e. The predicted molar refractivity (Wildman–Crippen MR) is 95.2 cm³/mol. The van der Waals surface area contributed by atoms with Crippen LogP contribution in [0.2, 0.25) is 0 Å². The Morgan fingerprint density at radius 2 is 1.80 bits per heavy atom. The lowest BCUT2D eigenvalue weighted by atomic mass is 9.97. The number of carbonyl (C=O) groups excluding carboxylic acids is 1. The summed E-state index contributed by atoms with van der Waals surface area (Å²) in [5.74, 6) is -1.42. The van der Waals surface area contributed by atoms with Crippen LogP contribution in [0.25, 0.3) is 0 Å². The highest BCUT2D eigenvalue weighted by atomic mass is 16.5. The molecule has 1 amide bonds. The van der Waals surface area contributed by atoms with E-state index in [1.165, 1.54) is 0 Å². The number of nitrogens with one attached hydrogen (secondary N) is 1. The van der Waals surface area contributed by atoms with Crippen molar-refractivity contribution < 1.29 is 19.4 Å². The van der Waals surface area contributed by atoms with Crippen molar-refractivity contribution in [3.05, 3.63) is 70.8 Å². The summed E-state index contributed by atoms with van der Waals surface area (Å²) in [7, 11) is 0. The van der Waals surface area contributed by atoms with Crippen LogP contribution in [0.1, 0.15) is 34.7 Å². The molecule has 2 N–H and O–H groups in total. The third-order valence-electron chi connectivity index (χ3n) is 4.09. The number of benzene rings is 2. The van der Waals surface area contributed by atoms with E-state index in [4.69, 9.17) is 4.74 Å². The van der Waals surface area contributed by atoms with Gasteiger partial charge >= 0.3 is 5.97 Å². The average molecular weight is 341 g/mol. The second kappa shape index (κ2) is 8.99. The molecule has 0 aliphatic heterocycles. The summed E-state index contributed by atoms with van der Waals surface area (Å²) in [5, 5.41) is 12.0. The van der Waals surface area contributed by atoms with Crippen molar-refractivity contribution in [1.29, 1.82) is 0 Å². The molecule has 2 aromatic rings. The van der Waals surface area contributed by atoms with Crippen molar-refractivity contribution in [3.63, 3.8) is 0 Å². The van der Waals surface area contributed by atoms with Crippen molar-refractivity contribution in [2.45, 2.75) is 32.9 Å². The van der Waals surface area contributed by atoms with Gasteiger partial charge in [-0.25, -0.2) is 4.79 Å². The monoisotopic (exact) mass is 341 g/mol. The van der Waals surface area contributed by atoms with Gasteiger partial charge < -0.3 is 15.2 Å². The van der Waals surface area contributed by atoms with E-state index in [-0.39, 0.29) is 18.9 Å². The fourth-order valence-corrected chi connectivity index (χ4v) is 2.52. The van der Waals surface area contributed by atoms with Gasteiger partial charge in [0.25, 0.3) is 0 Å². The quantitative estimate of drug-likeness (QED) is 0.723.